The predicted molar refractivity (Wildman–Crippen MR) is 101 cm³/mol. The van der Waals surface area contributed by atoms with Crippen LogP contribution in [0.25, 0.3) is 10.9 Å². The minimum Gasteiger partial charge on any atom is -0.367 e. The van der Waals surface area contributed by atoms with Crippen LogP contribution in [-0.2, 0) is 6.54 Å². The van der Waals surface area contributed by atoms with Gasteiger partial charge in [0.25, 0.3) is 5.91 Å². The Hall–Kier alpha value is -3.00. The van der Waals surface area contributed by atoms with Crippen molar-refractivity contribution in [2.75, 3.05) is 31.1 Å². The van der Waals surface area contributed by atoms with Gasteiger partial charge in [0.15, 0.2) is 0 Å². The quantitative estimate of drug-likeness (QED) is 0.757. The van der Waals surface area contributed by atoms with Gasteiger partial charge >= 0.3 is 0 Å². The number of halogens is 1. The Morgan fingerprint density at radius 3 is 2.74 bits per heavy atom. The minimum atomic E-state index is -0.479. The van der Waals surface area contributed by atoms with Crippen molar-refractivity contribution in [3.8, 4) is 0 Å². The number of anilines is 1. The van der Waals surface area contributed by atoms with Crippen molar-refractivity contribution >= 4 is 22.5 Å². The van der Waals surface area contributed by atoms with Gasteiger partial charge in [0.2, 0.25) is 5.43 Å². The Morgan fingerprint density at radius 2 is 2.07 bits per heavy atom. The van der Waals surface area contributed by atoms with E-state index in [1.807, 2.05) is 16.4 Å². The van der Waals surface area contributed by atoms with Crippen molar-refractivity contribution in [2.45, 2.75) is 13.5 Å². The number of benzene rings is 1. The fourth-order valence-electron chi connectivity index (χ4n) is 3.48. The third kappa shape index (κ3) is 3.02. The molecular weight excluding hydrogens is 349 g/mol. The molecule has 1 aliphatic heterocycles. The highest BCUT2D eigenvalue weighted by molar-refractivity contribution is 5.99. The van der Waals surface area contributed by atoms with Gasteiger partial charge in [-0.05, 0) is 19.1 Å². The number of carbonyl (C=O) groups is 1. The van der Waals surface area contributed by atoms with Gasteiger partial charge < -0.3 is 14.8 Å². The average Bonchev–Trinajstić information content (AvgIpc) is 3.23. The topological polar surface area (TPSA) is 72.2 Å². The van der Waals surface area contributed by atoms with E-state index >= 15 is 0 Å². The number of nitrogens with one attached hydrogen (secondary N) is 1. The first-order chi connectivity index (χ1) is 13.1. The zero-order valence-corrected chi connectivity index (χ0v) is 15.0. The predicted octanol–water partition coefficient (Wildman–Crippen LogP) is 1.46. The van der Waals surface area contributed by atoms with Gasteiger partial charge in [0.1, 0.15) is 17.7 Å². The Labute approximate surface area is 155 Å². The molecule has 1 N–H and O–H groups in total. The third-order valence-corrected chi connectivity index (χ3v) is 4.92. The van der Waals surface area contributed by atoms with Crippen LogP contribution in [0.1, 0.15) is 17.3 Å². The summed E-state index contributed by atoms with van der Waals surface area (Å²) in [5.41, 5.74) is 0.634. The molecule has 0 saturated carbocycles. The van der Waals surface area contributed by atoms with Crippen LogP contribution in [0.4, 0.5) is 10.1 Å². The second-order valence-corrected chi connectivity index (χ2v) is 6.49. The van der Waals surface area contributed by atoms with Crippen LogP contribution < -0.4 is 15.6 Å². The fraction of sp³-hybridized carbons (Fsp3) is 0.316. The van der Waals surface area contributed by atoms with Crippen molar-refractivity contribution < 1.29 is 9.18 Å². The summed E-state index contributed by atoms with van der Waals surface area (Å²) in [4.78, 5) is 31.4. The van der Waals surface area contributed by atoms with Gasteiger partial charge in [-0.2, -0.15) is 0 Å². The number of piperazine rings is 1. The lowest BCUT2D eigenvalue weighted by molar-refractivity contribution is 0.0958. The number of pyridine rings is 1. The van der Waals surface area contributed by atoms with E-state index in [1.54, 1.807) is 12.3 Å². The zero-order valence-electron chi connectivity index (χ0n) is 15.0. The lowest BCUT2D eigenvalue weighted by Gasteiger charge is -2.30. The second kappa shape index (κ2) is 6.96. The molecule has 0 spiro atoms. The van der Waals surface area contributed by atoms with E-state index in [0.29, 0.717) is 30.8 Å². The summed E-state index contributed by atoms with van der Waals surface area (Å²) >= 11 is 0. The van der Waals surface area contributed by atoms with Crippen LogP contribution in [0.15, 0.2) is 41.8 Å². The molecule has 1 aliphatic rings. The van der Waals surface area contributed by atoms with E-state index in [1.165, 1.54) is 29.4 Å². The number of imidazole rings is 1. The molecule has 3 heterocycles. The molecule has 140 valence electrons. The third-order valence-electron chi connectivity index (χ3n) is 4.92. The molecule has 1 aromatic carbocycles. The highest BCUT2D eigenvalue weighted by Crippen LogP contribution is 2.25. The van der Waals surface area contributed by atoms with Crippen molar-refractivity contribution in [3.63, 3.8) is 0 Å². The second-order valence-electron chi connectivity index (χ2n) is 6.49. The summed E-state index contributed by atoms with van der Waals surface area (Å²) in [5, 5.41) is 3.45. The van der Waals surface area contributed by atoms with E-state index in [2.05, 4.69) is 10.3 Å². The number of rotatable bonds is 3. The summed E-state index contributed by atoms with van der Waals surface area (Å²) in [6.45, 7) is 5.45. The Morgan fingerprint density at radius 1 is 1.30 bits per heavy atom. The number of carbonyl (C=O) groups excluding carboxylic acids is 1. The lowest BCUT2D eigenvalue weighted by Crippen LogP contribution is -2.43. The molecule has 3 aromatic rings. The van der Waals surface area contributed by atoms with E-state index in [4.69, 9.17) is 0 Å². The van der Waals surface area contributed by atoms with E-state index < -0.39 is 17.2 Å². The standard InChI is InChI=1S/C19H20FN5O2/c1-2-23-11-14(19(27)25-8-5-22-12-25)18(26)13-9-15(20)17(10-16(13)23)24-6-3-21-4-7-24/h5,8-12,21H,2-4,6-7H2,1H3. The fourth-order valence-corrected chi connectivity index (χ4v) is 3.48. The number of aryl methyl sites for hydroxylation is 1. The Bertz CT molecular complexity index is 1050. The van der Waals surface area contributed by atoms with Crippen molar-refractivity contribution in [2.24, 2.45) is 0 Å². The van der Waals surface area contributed by atoms with E-state index in [0.717, 1.165) is 13.1 Å². The van der Waals surface area contributed by atoms with Crippen molar-refractivity contribution in [3.05, 3.63) is 58.7 Å². The summed E-state index contributed by atoms with van der Waals surface area (Å²) in [5.74, 6) is -0.926. The molecule has 0 radical (unpaired) electrons. The number of nitrogens with zero attached hydrogens (tertiary/aromatic N) is 4. The molecule has 2 aromatic heterocycles. The van der Waals surface area contributed by atoms with Gasteiger partial charge in [-0.3, -0.25) is 14.2 Å². The molecule has 8 heteroatoms. The smallest absolute Gasteiger partial charge is 0.268 e. The van der Waals surface area contributed by atoms with E-state index in [9.17, 15) is 14.0 Å². The molecule has 4 rings (SSSR count). The SMILES string of the molecule is CCn1cc(C(=O)n2ccnc2)c(=O)c2cc(F)c(N3CCNCC3)cc21. The first-order valence-corrected chi connectivity index (χ1v) is 8.95. The molecule has 7 nitrogen and oxygen atoms in total. The van der Waals surface area contributed by atoms with Gasteiger partial charge in [-0.1, -0.05) is 0 Å². The Kier molecular flexibility index (Phi) is 4.49. The maximum atomic E-state index is 14.8. The minimum absolute atomic E-state index is 0.00308. The molecule has 0 amide bonds. The average molecular weight is 369 g/mol. The first-order valence-electron chi connectivity index (χ1n) is 8.95. The Balaban J connectivity index is 1.89. The maximum absolute atomic E-state index is 14.8. The lowest BCUT2D eigenvalue weighted by atomic mass is 10.1. The van der Waals surface area contributed by atoms with Crippen LogP contribution in [0.3, 0.4) is 0 Å². The highest BCUT2D eigenvalue weighted by Gasteiger charge is 2.21. The summed E-state index contributed by atoms with van der Waals surface area (Å²) < 4.78 is 17.9. The monoisotopic (exact) mass is 369 g/mol. The van der Waals surface area contributed by atoms with E-state index in [-0.39, 0.29) is 10.9 Å². The van der Waals surface area contributed by atoms with Gasteiger partial charge in [0, 0.05) is 56.7 Å². The summed E-state index contributed by atoms with van der Waals surface area (Å²) in [6.07, 6.45) is 5.84. The van der Waals surface area contributed by atoms with Gasteiger partial charge in [0.05, 0.1) is 11.2 Å². The summed E-state index contributed by atoms with van der Waals surface area (Å²) in [7, 11) is 0. The number of hydrogen-bond acceptors (Lipinski definition) is 5. The molecule has 0 atom stereocenters. The molecule has 27 heavy (non-hydrogen) atoms. The number of aromatic nitrogens is 3. The molecule has 1 saturated heterocycles. The van der Waals surface area contributed by atoms with Crippen molar-refractivity contribution in [1.82, 2.24) is 19.4 Å². The van der Waals surface area contributed by atoms with Crippen LogP contribution in [0.5, 0.6) is 0 Å². The van der Waals surface area contributed by atoms with Crippen LogP contribution >= 0.6 is 0 Å². The largest absolute Gasteiger partial charge is 0.367 e. The molecular formula is C19H20FN5O2. The maximum Gasteiger partial charge on any atom is 0.268 e. The molecule has 0 aliphatic carbocycles. The van der Waals surface area contributed by atoms with Crippen LogP contribution in [0, 0.1) is 5.82 Å². The van der Waals surface area contributed by atoms with Gasteiger partial charge in [-0.15, -0.1) is 0 Å². The molecule has 0 bridgehead atoms. The number of fused-ring (bicyclic) bond motifs is 1. The zero-order chi connectivity index (χ0) is 19.0. The van der Waals surface area contributed by atoms with Crippen LogP contribution in [0.2, 0.25) is 0 Å². The van der Waals surface area contributed by atoms with Crippen LogP contribution in [-0.4, -0.2) is 46.2 Å². The highest BCUT2D eigenvalue weighted by atomic mass is 19.1. The molecule has 1 fully saturated rings. The van der Waals surface area contributed by atoms with Gasteiger partial charge in [-0.25, -0.2) is 9.37 Å². The molecule has 0 unspecified atom stereocenters. The van der Waals surface area contributed by atoms with Crippen molar-refractivity contribution in [1.29, 1.82) is 0 Å². The summed E-state index contributed by atoms with van der Waals surface area (Å²) in [6, 6.07) is 2.97. The first kappa shape index (κ1) is 17.4. The number of hydrogen-bond donors (Lipinski definition) is 1. The normalized spacial score (nSPS) is 14.7.